The van der Waals surface area contributed by atoms with Crippen molar-refractivity contribution in [1.29, 1.82) is 0 Å². The first-order chi connectivity index (χ1) is 6.13. The molecular formula is C9H14BrNO2. The summed E-state index contributed by atoms with van der Waals surface area (Å²) in [4.78, 5) is 22.1. The first-order valence-corrected chi connectivity index (χ1v) is 5.51. The van der Waals surface area contributed by atoms with Crippen molar-refractivity contribution in [3.05, 3.63) is 0 Å². The van der Waals surface area contributed by atoms with Gasteiger partial charge in [-0.05, 0) is 12.8 Å². The number of amides is 1. The average Bonchev–Trinajstić information content (AvgIpc) is 2.11. The molecule has 1 N–H and O–H groups in total. The molecule has 2 unspecified atom stereocenters. The molecule has 1 aliphatic rings. The minimum Gasteiger partial charge on any atom is -0.353 e. The quantitative estimate of drug-likeness (QED) is 0.751. The fourth-order valence-electron chi connectivity index (χ4n) is 1.43. The number of hydrogen-bond acceptors (Lipinski definition) is 2. The number of carbonyl (C=O) groups is 2. The maximum absolute atomic E-state index is 11.1. The van der Waals surface area contributed by atoms with E-state index in [1.165, 1.54) is 0 Å². The van der Waals surface area contributed by atoms with Crippen LogP contribution in [0.3, 0.4) is 0 Å². The zero-order valence-corrected chi connectivity index (χ0v) is 9.26. The Kier molecular flexibility index (Phi) is 3.90. The highest BCUT2D eigenvalue weighted by Gasteiger charge is 2.26. The molecule has 1 saturated carbocycles. The third kappa shape index (κ3) is 3.10. The van der Waals surface area contributed by atoms with Crippen LogP contribution in [0, 0.1) is 0 Å². The Bertz CT molecular complexity index is 218. The lowest BCUT2D eigenvalue weighted by molar-refractivity contribution is -0.124. The van der Waals surface area contributed by atoms with E-state index in [9.17, 15) is 9.59 Å². The zero-order chi connectivity index (χ0) is 9.84. The highest BCUT2D eigenvalue weighted by molar-refractivity contribution is 9.10. The van der Waals surface area contributed by atoms with Crippen LogP contribution in [0.5, 0.6) is 0 Å². The van der Waals surface area contributed by atoms with Gasteiger partial charge in [-0.1, -0.05) is 22.9 Å². The Labute approximate surface area is 86.4 Å². The van der Waals surface area contributed by atoms with Gasteiger partial charge >= 0.3 is 0 Å². The van der Waals surface area contributed by atoms with Crippen molar-refractivity contribution in [2.45, 2.75) is 43.5 Å². The lowest BCUT2D eigenvalue weighted by Gasteiger charge is -2.25. The van der Waals surface area contributed by atoms with E-state index >= 15 is 0 Å². The van der Waals surface area contributed by atoms with Gasteiger partial charge in [0.1, 0.15) is 5.78 Å². The Morgan fingerprint density at radius 1 is 1.69 bits per heavy atom. The maximum Gasteiger partial charge on any atom is 0.219 e. The molecule has 0 aromatic heterocycles. The Hall–Kier alpha value is -0.380. The summed E-state index contributed by atoms with van der Waals surface area (Å²) in [6, 6.07) is 0.175. The van der Waals surface area contributed by atoms with E-state index in [4.69, 9.17) is 0 Å². The molecule has 4 heteroatoms. The zero-order valence-electron chi connectivity index (χ0n) is 7.68. The Morgan fingerprint density at radius 3 is 2.92 bits per heavy atom. The van der Waals surface area contributed by atoms with Crippen LogP contribution in [0.4, 0.5) is 0 Å². The second kappa shape index (κ2) is 4.74. The third-order valence-corrected chi connectivity index (χ3v) is 3.15. The van der Waals surface area contributed by atoms with E-state index in [0.717, 1.165) is 12.8 Å². The molecule has 2 atom stereocenters. The van der Waals surface area contributed by atoms with Crippen LogP contribution in [-0.4, -0.2) is 22.6 Å². The van der Waals surface area contributed by atoms with Crippen molar-refractivity contribution in [1.82, 2.24) is 5.32 Å². The Balaban J connectivity index is 2.37. The van der Waals surface area contributed by atoms with Crippen LogP contribution in [0.1, 0.15) is 32.6 Å². The number of halogens is 1. The molecule has 0 spiro atoms. The number of alkyl halides is 1. The maximum atomic E-state index is 11.1. The minimum atomic E-state index is -0.0663. The summed E-state index contributed by atoms with van der Waals surface area (Å²) < 4.78 is 0. The van der Waals surface area contributed by atoms with Crippen LogP contribution in [0.25, 0.3) is 0 Å². The van der Waals surface area contributed by atoms with Crippen molar-refractivity contribution in [3.8, 4) is 0 Å². The summed E-state index contributed by atoms with van der Waals surface area (Å²) in [5, 5.41) is 2.90. The summed E-state index contributed by atoms with van der Waals surface area (Å²) in [5.41, 5.74) is 0. The highest BCUT2D eigenvalue weighted by atomic mass is 79.9. The molecule has 74 valence electrons. The van der Waals surface area contributed by atoms with Crippen LogP contribution in [0.15, 0.2) is 0 Å². The van der Waals surface area contributed by atoms with Crippen molar-refractivity contribution in [2.75, 3.05) is 0 Å². The SMILES string of the molecule is CCC(=O)NC1CCC(=O)C(Br)C1. The number of carbonyl (C=O) groups excluding carboxylic acids is 2. The molecule has 1 rings (SSSR count). The fraction of sp³-hybridized carbons (Fsp3) is 0.778. The van der Waals surface area contributed by atoms with Crippen molar-refractivity contribution < 1.29 is 9.59 Å². The second-order valence-electron chi connectivity index (χ2n) is 3.33. The van der Waals surface area contributed by atoms with Crippen molar-refractivity contribution in [2.24, 2.45) is 0 Å². The molecule has 1 amide bonds. The summed E-state index contributed by atoms with van der Waals surface area (Å²) in [6.07, 6.45) is 2.60. The van der Waals surface area contributed by atoms with Gasteiger partial charge in [-0.3, -0.25) is 9.59 Å². The van der Waals surface area contributed by atoms with Gasteiger partial charge in [-0.25, -0.2) is 0 Å². The van der Waals surface area contributed by atoms with E-state index in [1.54, 1.807) is 0 Å². The van der Waals surface area contributed by atoms with Gasteiger partial charge in [0.2, 0.25) is 5.91 Å². The van der Waals surface area contributed by atoms with Gasteiger partial charge in [0.25, 0.3) is 0 Å². The number of nitrogens with one attached hydrogen (secondary N) is 1. The van der Waals surface area contributed by atoms with Crippen LogP contribution in [-0.2, 0) is 9.59 Å². The molecule has 1 aliphatic carbocycles. The monoisotopic (exact) mass is 247 g/mol. The number of ketones is 1. The van der Waals surface area contributed by atoms with E-state index in [1.807, 2.05) is 6.92 Å². The third-order valence-electron chi connectivity index (χ3n) is 2.27. The minimum absolute atomic E-state index is 0.0663. The van der Waals surface area contributed by atoms with Gasteiger partial charge in [0, 0.05) is 18.9 Å². The van der Waals surface area contributed by atoms with Crippen molar-refractivity contribution >= 4 is 27.6 Å². The molecule has 3 nitrogen and oxygen atoms in total. The summed E-state index contributed by atoms with van der Waals surface area (Å²) in [5.74, 6) is 0.320. The number of Topliss-reactive ketones (excluding diaryl/α,β-unsaturated/α-hetero) is 1. The normalized spacial score (nSPS) is 28.6. The average molecular weight is 248 g/mol. The van der Waals surface area contributed by atoms with Crippen LogP contribution < -0.4 is 5.32 Å². The van der Waals surface area contributed by atoms with E-state index in [2.05, 4.69) is 21.2 Å². The van der Waals surface area contributed by atoms with Gasteiger partial charge in [0.15, 0.2) is 0 Å². The molecule has 0 bridgehead atoms. The molecule has 0 aromatic carbocycles. The first-order valence-electron chi connectivity index (χ1n) is 4.59. The Morgan fingerprint density at radius 2 is 2.38 bits per heavy atom. The lowest BCUT2D eigenvalue weighted by Crippen LogP contribution is -2.41. The molecule has 0 saturated heterocycles. The lowest BCUT2D eigenvalue weighted by atomic mass is 9.94. The molecule has 0 radical (unpaired) electrons. The largest absolute Gasteiger partial charge is 0.353 e. The molecule has 1 fully saturated rings. The van der Waals surface area contributed by atoms with Gasteiger partial charge in [-0.15, -0.1) is 0 Å². The molecular weight excluding hydrogens is 234 g/mol. The van der Waals surface area contributed by atoms with Gasteiger partial charge < -0.3 is 5.32 Å². The van der Waals surface area contributed by atoms with E-state index in [-0.39, 0.29) is 22.6 Å². The topological polar surface area (TPSA) is 46.2 Å². The van der Waals surface area contributed by atoms with Crippen LogP contribution in [0.2, 0.25) is 0 Å². The predicted octanol–water partition coefficient (Wildman–Crippen LogP) is 1.40. The van der Waals surface area contributed by atoms with Crippen LogP contribution >= 0.6 is 15.9 Å². The van der Waals surface area contributed by atoms with E-state index < -0.39 is 0 Å². The predicted molar refractivity (Wildman–Crippen MR) is 53.8 cm³/mol. The van der Waals surface area contributed by atoms with Gasteiger partial charge in [0.05, 0.1) is 4.83 Å². The van der Waals surface area contributed by atoms with Gasteiger partial charge in [-0.2, -0.15) is 0 Å². The molecule has 13 heavy (non-hydrogen) atoms. The molecule has 0 aliphatic heterocycles. The first kappa shape index (κ1) is 10.7. The summed E-state index contributed by atoms with van der Waals surface area (Å²) in [6.45, 7) is 1.83. The molecule has 0 heterocycles. The summed E-state index contributed by atoms with van der Waals surface area (Å²) >= 11 is 3.31. The highest BCUT2D eigenvalue weighted by Crippen LogP contribution is 2.21. The smallest absolute Gasteiger partial charge is 0.219 e. The standard InChI is InChI=1S/C9H14BrNO2/c1-2-9(13)11-6-3-4-8(12)7(10)5-6/h6-7H,2-5H2,1H3,(H,11,13). The van der Waals surface area contributed by atoms with E-state index in [0.29, 0.717) is 12.8 Å². The van der Waals surface area contributed by atoms with Crippen molar-refractivity contribution in [3.63, 3.8) is 0 Å². The second-order valence-corrected chi connectivity index (χ2v) is 4.43. The fourth-order valence-corrected chi connectivity index (χ4v) is 2.11. The molecule has 0 aromatic rings. The summed E-state index contributed by atoms with van der Waals surface area (Å²) in [7, 11) is 0. The number of hydrogen-bond donors (Lipinski definition) is 1. The number of rotatable bonds is 2.